The van der Waals surface area contributed by atoms with E-state index in [1.807, 2.05) is 31.2 Å². The van der Waals surface area contributed by atoms with Crippen molar-refractivity contribution in [3.8, 4) is 0 Å². The van der Waals surface area contributed by atoms with Crippen LogP contribution in [-0.2, 0) is 16.6 Å². The second-order valence-electron chi connectivity index (χ2n) is 4.27. The van der Waals surface area contributed by atoms with Crippen LogP contribution in [0.2, 0.25) is 0 Å². The molecule has 0 aliphatic carbocycles. The predicted molar refractivity (Wildman–Crippen MR) is 77.8 cm³/mol. The van der Waals surface area contributed by atoms with Crippen LogP contribution >= 0.6 is 12.2 Å². The molecular weight excluding hydrogens is 268 g/mol. The summed E-state index contributed by atoms with van der Waals surface area (Å²) in [4.78, 5) is -0.00775. The van der Waals surface area contributed by atoms with Crippen molar-refractivity contribution in [2.75, 3.05) is 7.05 Å². The number of thiocarbonyl (C=S) groups is 1. The molecule has 0 spiro atoms. The molecule has 1 atom stereocenters. The summed E-state index contributed by atoms with van der Waals surface area (Å²) in [5.41, 5.74) is 7.44. The Kier molecular flexibility index (Phi) is 4.84. The van der Waals surface area contributed by atoms with Gasteiger partial charge >= 0.3 is 0 Å². The van der Waals surface area contributed by atoms with Crippen LogP contribution in [0.3, 0.4) is 0 Å². The topological polar surface area (TPSA) is 63.4 Å². The zero-order chi connectivity index (χ0) is 13.9. The zero-order valence-corrected chi connectivity index (χ0v) is 12.4. The van der Waals surface area contributed by atoms with Crippen LogP contribution in [0.5, 0.6) is 0 Å². The lowest BCUT2D eigenvalue weighted by atomic mass is 10.1. The average molecular weight is 286 g/mol. The van der Waals surface area contributed by atoms with Crippen molar-refractivity contribution in [3.63, 3.8) is 0 Å². The highest BCUT2D eigenvalue weighted by atomic mass is 32.2. The normalized spacial score (nSPS) is 13.6. The van der Waals surface area contributed by atoms with Gasteiger partial charge in [0.05, 0.1) is 4.99 Å². The van der Waals surface area contributed by atoms with Gasteiger partial charge in [-0.05, 0) is 25.0 Å². The van der Waals surface area contributed by atoms with E-state index in [9.17, 15) is 8.42 Å². The Morgan fingerprint density at radius 2 is 2.00 bits per heavy atom. The smallest absolute Gasteiger partial charge is 0.223 e. The molecule has 100 valence electrons. The van der Waals surface area contributed by atoms with E-state index in [0.717, 1.165) is 11.1 Å². The lowest BCUT2D eigenvalue weighted by Gasteiger charge is -2.22. The standard InChI is InChI=1S/C12H18N2O2S2/c1-9-6-4-5-7-11(9)8-14(3)18(15,16)10(2)12(13)17/h4-7,10H,8H2,1-3H3,(H2,13,17). The Morgan fingerprint density at radius 3 is 2.50 bits per heavy atom. The van der Waals surface area contributed by atoms with Gasteiger partial charge < -0.3 is 5.73 Å². The summed E-state index contributed by atoms with van der Waals surface area (Å²) in [6, 6.07) is 7.67. The maximum absolute atomic E-state index is 12.1. The van der Waals surface area contributed by atoms with E-state index in [2.05, 4.69) is 0 Å². The largest absolute Gasteiger partial charge is 0.392 e. The number of benzene rings is 1. The molecule has 1 aromatic rings. The molecule has 0 heterocycles. The third kappa shape index (κ3) is 3.28. The first-order valence-corrected chi connectivity index (χ1v) is 7.47. The van der Waals surface area contributed by atoms with E-state index in [1.54, 1.807) is 0 Å². The van der Waals surface area contributed by atoms with Crippen LogP contribution in [0.4, 0.5) is 0 Å². The van der Waals surface area contributed by atoms with Crippen molar-refractivity contribution in [1.82, 2.24) is 4.31 Å². The Morgan fingerprint density at radius 1 is 1.44 bits per heavy atom. The maximum Gasteiger partial charge on any atom is 0.223 e. The fourth-order valence-electron chi connectivity index (χ4n) is 1.53. The van der Waals surface area contributed by atoms with Crippen LogP contribution in [-0.4, -0.2) is 30.0 Å². The number of nitrogens with zero attached hydrogens (tertiary/aromatic N) is 1. The highest BCUT2D eigenvalue weighted by molar-refractivity contribution is 7.92. The summed E-state index contributed by atoms with van der Waals surface area (Å²) in [5.74, 6) is 0. The molecule has 0 aliphatic heterocycles. The zero-order valence-electron chi connectivity index (χ0n) is 10.8. The Hall–Kier alpha value is -0.980. The molecule has 0 aliphatic rings. The maximum atomic E-state index is 12.1. The quantitative estimate of drug-likeness (QED) is 0.832. The second kappa shape index (κ2) is 5.77. The van der Waals surface area contributed by atoms with E-state index in [1.165, 1.54) is 18.3 Å². The summed E-state index contributed by atoms with van der Waals surface area (Å²) in [5, 5.41) is -0.846. The molecule has 0 radical (unpaired) electrons. The van der Waals surface area contributed by atoms with Crippen LogP contribution in [0.25, 0.3) is 0 Å². The number of aryl methyl sites for hydroxylation is 1. The summed E-state index contributed by atoms with van der Waals surface area (Å²) in [6.45, 7) is 3.78. The number of rotatable bonds is 5. The molecule has 0 bridgehead atoms. The van der Waals surface area contributed by atoms with Crippen molar-refractivity contribution in [2.45, 2.75) is 25.6 Å². The van der Waals surface area contributed by atoms with Crippen molar-refractivity contribution in [3.05, 3.63) is 35.4 Å². The fraction of sp³-hybridized carbons (Fsp3) is 0.417. The van der Waals surface area contributed by atoms with Crippen LogP contribution in [0, 0.1) is 6.92 Å². The van der Waals surface area contributed by atoms with Gasteiger partial charge in [0, 0.05) is 13.6 Å². The van der Waals surface area contributed by atoms with E-state index in [0.29, 0.717) is 6.54 Å². The second-order valence-corrected chi connectivity index (χ2v) is 7.10. The average Bonchev–Trinajstić information content (AvgIpc) is 2.30. The first-order chi connectivity index (χ1) is 8.26. The van der Waals surface area contributed by atoms with Crippen molar-refractivity contribution >= 4 is 27.2 Å². The Bertz CT molecular complexity index is 541. The minimum absolute atomic E-state index is 0.00775. The SMILES string of the molecule is Cc1ccccc1CN(C)S(=O)(=O)C(C)C(N)=S. The van der Waals surface area contributed by atoms with Gasteiger partial charge in [-0.2, -0.15) is 4.31 Å². The highest BCUT2D eigenvalue weighted by Gasteiger charge is 2.28. The number of hydrogen-bond acceptors (Lipinski definition) is 3. The lowest BCUT2D eigenvalue weighted by molar-refractivity contribution is 0.463. The van der Waals surface area contributed by atoms with Gasteiger partial charge in [0.15, 0.2) is 0 Å². The monoisotopic (exact) mass is 286 g/mol. The number of sulfonamides is 1. The molecule has 0 amide bonds. The molecule has 2 N–H and O–H groups in total. The van der Waals surface area contributed by atoms with Crippen LogP contribution in [0.15, 0.2) is 24.3 Å². The first kappa shape index (κ1) is 15.1. The predicted octanol–water partition coefficient (Wildman–Crippen LogP) is 1.43. The molecule has 0 fully saturated rings. The van der Waals surface area contributed by atoms with Crippen LogP contribution < -0.4 is 5.73 Å². The molecule has 1 aromatic carbocycles. The highest BCUT2D eigenvalue weighted by Crippen LogP contribution is 2.14. The van der Waals surface area contributed by atoms with E-state index >= 15 is 0 Å². The van der Waals surface area contributed by atoms with Gasteiger partial charge in [0.2, 0.25) is 10.0 Å². The third-order valence-corrected chi connectivity index (χ3v) is 5.58. The lowest BCUT2D eigenvalue weighted by Crippen LogP contribution is -2.40. The van der Waals surface area contributed by atoms with Gasteiger partial charge in [-0.25, -0.2) is 8.42 Å². The fourth-order valence-corrected chi connectivity index (χ4v) is 3.05. The Balaban J connectivity index is 2.93. The third-order valence-electron chi connectivity index (χ3n) is 2.94. The van der Waals surface area contributed by atoms with Crippen molar-refractivity contribution < 1.29 is 8.42 Å². The molecule has 1 rings (SSSR count). The Labute approximate surface area is 114 Å². The number of hydrogen-bond donors (Lipinski definition) is 1. The molecule has 6 heteroatoms. The van der Waals surface area contributed by atoms with E-state index < -0.39 is 15.3 Å². The minimum Gasteiger partial charge on any atom is -0.392 e. The van der Waals surface area contributed by atoms with Gasteiger partial charge in [-0.3, -0.25) is 0 Å². The van der Waals surface area contributed by atoms with Gasteiger partial charge in [0.1, 0.15) is 5.25 Å². The molecule has 18 heavy (non-hydrogen) atoms. The molecular formula is C12H18N2O2S2. The van der Waals surface area contributed by atoms with Gasteiger partial charge in [-0.15, -0.1) is 0 Å². The minimum atomic E-state index is -3.49. The van der Waals surface area contributed by atoms with Crippen molar-refractivity contribution in [1.29, 1.82) is 0 Å². The van der Waals surface area contributed by atoms with Gasteiger partial charge in [0.25, 0.3) is 0 Å². The summed E-state index contributed by atoms with van der Waals surface area (Å²) in [6.07, 6.45) is 0. The number of nitrogens with two attached hydrogens (primary N) is 1. The molecule has 0 saturated carbocycles. The van der Waals surface area contributed by atoms with Crippen LogP contribution in [0.1, 0.15) is 18.1 Å². The molecule has 0 aromatic heterocycles. The van der Waals surface area contributed by atoms with E-state index in [4.69, 9.17) is 18.0 Å². The first-order valence-electron chi connectivity index (χ1n) is 5.55. The molecule has 4 nitrogen and oxygen atoms in total. The molecule has 0 saturated heterocycles. The van der Waals surface area contributed by atoms with Crippen molar-refractivity contribution in [2.24, 2.45) is 5.73 Å². The van der Waals surface area contributed by atoms with E-state index in [-0.39, 0.29) is 4.99 Å². The van der Waals surface area contributed by atoms with Gasteiger partial charge in [-0.1, -0.05) is 36.5 Å². The summed E-state index contributed by atoms with van der Waals surface area (Å²) in [7, 11) is -1.95. The summed E-state index contributed by atoms with van der Waals surface area (Å²) >= 11 is 4.75. The molecule has 1 unspecified atom stereocenters. The summed E-state index contributed by atoms with van der Waals surface area (Å²) < 4.78 is 25.6.